The van der Waals surface area contributed by atoms with E-state index in [2.05, 4.69) is 41.2 Å². The van der Waals surface area contributed by atoms with E-state index in [4.69, 9.17) is 4.99 Å². The van der Waals surface area contributed by atoms with Crippen LogP contribution in [0.5, 0.6) is 0 Å². The molecular weight excluding hydrogens is 364 g/mol. The Labute approximate surface area is 178 Å². The Morgan fingerprint density at radius 1 is 0.966 bits per heavy atom. The highest BCUT2D eigenvalue weighted by Crippen LogP contribution is 2.17. The number of nitrogens with one attached hydrogen (secondary N) is 2. The summed E-state index contributed by atoms with van der Waals surface area (Å²) in [6.07, 6.45) is 5.38. The van der Waals surface area contributed by atoms with Gasteiger partial charge in [0, 0.05) is 58.8 Å². The first-order chi connectivity index (χ1) is 14.0. The van der Waals surface area contributed by atoms with Crippen LogP contribution in [-0.4, -0.2) is 98.1 Å². The van der Waals surface area contributed by atoms with Gasteiger partial charge in [0.25, 0.3) is 0 Å². The molecule has 2 aliphatic rings. The van der Waals surface area contributed by atoms with E-state index in [-0.39, 0.29) is 5.91 Å². The van der Waals surface area contributed by atoms with Gasteiger partial charge in [-0.05, 0) is 38.8 Å². The zero-order valence-electron chi connectivity index (χ0n) is 19.3. The summed E-state index contributed by atoms with van der Waals surface area (Å²) >= 11 is 0. The lowest BCUT2D eigenvalue weighted by atomic mass is 10.0. The summed E-state index contributed by atoms with van der Waals surface area (Å²) in [5.41, 5.74) is 0. The fraction of sp³-hybridized carbons (Fsp3) is 0.909. The van der Waals surface area contributed by atoms with Gasteiger partial charge in [-0.1, -0.05) is 26.7 Å². The van der Waals surface area contributed by atoms with Gasteiger partial charge in [0.15, 0.2) is 5.96 Å². The molecule has 168 valence electrons. The number of piperazine rings is 1. The van der Waals surface area contributed by atoms with Gasteiger partial charge in [0.2, 0.25) is 5.91 Å². The summed E-state index contributed by atoms with van der Waals surface area (Å²) < 4.78 is 0. The summed E-state index contributed by atoms with van der Waals surface area (Å²) in [6.45, 7) is 18.0. The highest BCUT2D eigenvalue weighted by molar-refractivity contribution is 5.79. The molecule has 1 amide bonds. The Morgan fingerprint density at radius 2 is 1.62 bits per heavy atom. The number of nitrogens with zero attached hydrogens (tertiary/aromatic N) is 4. The third-order valence-electron chi connectivity index (χ3n) is 6.20. The number of aliphatic imine (C=N–C) groups is 1. The molecular formula is C22H44N6O. The topological polar surface area (TPSA) is 63.2 Å². The third-order valence-corrected chi connectivity index (χ3v) is 6.20. The van der Waals surface area contributed by atoms with Gasteiger partial charge in [-0.25, -0.2) is 0 Å². The number of hydrogen-bond donors (Lipinski definition) is 2. The van der Waals surface area contributed by atoms with Crippen molar-refractivity contribution in [1.82, 2.24) is 25.3 Å². The van der Waals surface area contributed by atoms with Gasteiger partial charge < -0.3 is 15.5 Å². The van der Waals surface area contributed by atoms with Gasteiger partial charge in [0.1, 0.15) is 0 Å². The molecule has 2 fully saturated rings. The van der Waals surface area contributed by atoms with Crippen molar-refractivity contribution in [2.45, 2.75) is 59.4 Å². The first-order valence-corrected chi connectivity index (χ1v) is 11.7. The molecule has 0 aliphatic carbocycles. The van der Waals surface area contributed by atoms with E-state index >= 15 is 0 Å². The molecule has 0 spiro atoms. The zero-order valence-corrected chi connectivity index (χ0v) is 19.3. The molecule has 7 nitrogen and oxygen atoms in total. The summed E-state index contributed by atoms with van der Waals surface area (Å²) in [7, 11) is 0. The average molecular weight is 409 g/mol. The predicted octanol–water partition coefficient (Wildman–Crippen LogP) is 1.61. The summed E-state index contributed by atoms with van der Waals surface area (Å²) in [5, 5.41) is 6.91. The van der Waals surface area contributed by atoms with Crippen LogP contribution < -0.4 is 10.6 Å². The second-order valence-corrected chi connectivity index (χ2v) is 8.76. The van der Waals surface area contributed by atoms with Crippen molar-refractivity contribution in [3.63, 3.8) is 0 Å². The van der Waals surface area contributed by atoms with Crippen LogP contribution >= 0.6 is 0 Å². The van der Waals surface area contributed by atoms with Gasteiger partial charge in [-0.15, -0.1) is 0 Å². The number of amides is 1. The van der Waals surface area contributed by atoms with Crippen LogP contribution in [0.4, 0.5) is 0 Å². The lowest BCUT2D eigenvalue weighted by Crippen LogP contribution is -2.50. The normalized spacial score (nSPS) is 21.1. The minimum atomic E-state index is 0.188. The second kappa shape index (κ2) is 13.1. The Morgan fingerprint density at radius 3 is 2.17 bits per heavy atom. The Balaban J connectivity index is 1.80. The lowest BCUT2D eigenvalue weighted by Gasteiger charge is -2.34. The van der Waals surface area contributed by atoms with Gasteiger partial charge in [0.05, 0.1) is 6.54 Å². The first kappa shape index (κ1) is 23.9. The molecule has 0 bridgehead atoms. The van der Waals surface area contributed by atoms with Crippen molar-refractivity contribution in [3.8, 4) is 0 Å². The fourth-order valence-electron chi connectivity index (χ4n) is 4.32. The lowest BCUT2D eigenvalue weighted by molar-refractivity contribution is -0.130. The minimum absolute atomic E-state index is 0.188. The standard InChI is InChI=1S/C22H44N6O/c1-5-23-22(24-10-13-26-14-16-27(17-15-26)20(4)29)25-18-21(19(2)3)28-11-8-6-7-9-12-28/h19,21H,5-18H2,1-4H3,(H2,23,24,25). The molecule has 0 aromatic heterocycles. The molecule has 2 N–H and O–H groups in total. The van der Waals surface area contributed by atoms with Crippen LogP contribution in [0.3, 0.4) is 0 Å². The molecule has 0 saturated carbocycles. The number of guanidine groups is 1. The zero-order chi connectivity index (χ0) is 21.1. The summed E-state index contributed by atoms with van der Waals surface area (Å²) in [6, 6.07) is 0.517. The van der Waals surface area contributed by atoms with E-state index in [1.165, 1.54) is 38.8 Å². The molecule has 0 aromatic rings. The smallest absolute Gasteiger partial charge is 0.219 e. The maximum atomic E-state index is 11.5. The van der Waals surface area contributed by atoms with Crippen molar-refractivity contribution in [3.05, 3.63) is 0 Å². The highest BCUT2D eigenvalue weighted by Gasteiger charge is 2.23. The number of likely N-dealkylation sites (tertiary alicyclic amines) is 1. The molecule has 0 aromatic carbocycles. The molecule has 1 unspecified atom stereocenters. The molecule has 2 heterocycles. The van der Waals surface area contributed by atoms with E-state index in [1.807, 2.05) is 4.90 Å². The number of rotatable bonds is 8. The molecule has 7 heteroatoms. The van der Waals surface area contributed by atoms with Crippen LogP contribution in [0, 0.1) is 5.92 Å². The van der Waals surface area contributed by atoms with Crippen LogP contribution in [0.1, 0.15) is 53.4 Å². The predicted molar refractivity (Wildman–Crippen MR) is 121 cm³/mol. The molecule has 29 heavy (non-hydrogen) atoms. The Hall–Kier alpha value is -1.34. The summed E-state index contributed by atoms with van der Waals surface area (Å²) in [4.78, 5) is 23.4. The second-order valence-electron chi connectivity index (χ2n) is 8.76. The molecule has 2 aliphatic heterocycles. The molecule has 2 rings (SSSR count). The number of hydrogen-bond acceptors (Lipinski definition) is 4. The first-order valence-electron chi connectivity index (χ1n) is 11.7. The number of carbonyl (C=O) groups excluding carboxylic acids is 1. The maximum absolute atomic E-state index is 11.5. The highest BCUT2D eigenvalue weighted by atomic mass is 16.2. The van der Waals surface area contributed by atoms with Gasteiger partial charge >= 0.3 is 0 Å². The van der Waals surface area contributed by atoms with Crippen LogP contribution in [-0.2, 0) is 4.79 Å². The van der Waals surface area contributed by atoms with Crippen molar-refractivity contribution < 1.29 is 4.79 Å². The van der Waals surface area contributed by atoms with E-state index in [0.717, 1.165) is 58.3 Å². The largest absolute Gasteiger partial charge is 0.357 e. The van der Waals surface area contributed by atoms with E-state index in [1.54, 1.807) is 6.92 Å². The maximum Gasteiger partial charge on any atom is 0.219 e. The van der Waals surface area contributed by atoms with Crippen LogP contribution in [0.2, 0.25) is 0 Å². The summed E-state index contributed by atoms with van der Waals surface area (Å²) in [5.74, 6) is 1.72. The van der Waals surface area contributed by atoms with E-state index < -0.39 is 0 Å². The fourth-order valence-corrected chi connectivity index (χ4v) is 4.32. The van der Waals surface area contributed by atoms with Crippen molar-refractivity contribution in [2.75, 3.05) is 65.4 Å². The van der Waals surface area contributed by atoms with Crippen molar-refractivity contribution >= 4 is 11.9 Å². The molecule has 1 atom stereocenters. The molecule has 2 saturated heterocycles. The van der Waals surface area contributed by atoms with Crippen LogP contribution in [0.15, 0.2) is 4.99 Å². The van der Waals surface area contributed by atoms with E-state index in [9.17, 15) is 4.79 Å². The van der Waals surface area contributed by atoms with E-state index in [0.29, 0.717) is 12.0 Å². The minimum Gasteiger partial charge on any atom is -0.357 e. The third kappa shape index (κ3) is 8.51. The van der Waals surface area contributed by atoms with Crippen LogP contribution in [0.25, 0.3) is 0 Å². The quantitative estimate of drug-likeness (QED) is 0.472. The van der Waals surface area contributed by atoms with Gasteiger partial charge in [-0.3, -0.25) is 19.6 Å². The SMILES string of the molecule is CCNC(=NCC(C(C)C)N1CCCCCC1)NCCN1CCN(C(C)=O)CC1. The average Bonchev–Trinajstić information content (AvgIpc) is 2.97. The Bertz CT molecular complexity index is 494. The Kier molecular flexibility index (Phi) is 10.8. The number of carbonyl (C=O) groups is 1. The monoisotopic (exact) mass is 408 g/mol. The van der Waals surface area contributed by atoms with Gasteiger partial charge in [-0.2, -0.15) is 0 Å². The van der Waals surface area contributed by atoms with Crippen molar-refractivity contribution in [1.29, 1.82) is 0 Å². The van der Waals surface area contributed by atoms with Crippen molar-refractivity contribution in [2.24, 2.45) is 10.9 Å². The molecule has 0 radical (unpaired) electrons.